The Labute approximate surface area is 91.5 Å². The van der Waals surface area contributed by atoms with E-state index in [0.717, 1.165) is 0 Å². The molecule has 5 nitrogen and oxygen atoms in total. The number of nitrogens with one attached hydrogen (secondary N) is 1. The van der Waals surface area contributed by atoms with E-state index in [4.69, 9.17) is 10.00 Å². The van der Waals surface area contributed by atoms with Gasteiger partial charge in [0.1, 0.15) is 0 Å². The number of hydrogen-bond donors (Lipinski definition) is 1. The van der Waals surface area contributed by atoms with E-state index < -0.39 is 15.3 Å². The van der Waals surface area contributed by atoms with Crippen molar-refractivity contribution in [1.82, 2.24) is 4.72 Å². The summed E-state index contributed by atoms with van der Waals surface area (Å²) in [6.07, 6.45) is 0.759. The van der Waals surface area contributed by atoms with Gasteiger partial charge in [-0.25, -0.2) is 13.1 Å². The molecule has 1 unspecified atom stereocenters. The van der Waals surface area contributed by atoms with Crippen molar-refractivity contribution in [2.45, 2.75) is 38.5 Å². The molecule has 0 aliphatic rings. The van der Waals surface area contributed by atoms with Gasteiger partial charge in [-0.15, -0.1) is 0 Å². The van der Waals surface area contributed by atoms with Crippen LogP contribution in [0.4, 0.5) is 0 Å². The molecule has 6 heteroatoms. The predicted molar refractivity (Wildman–Crippen MR) is 57.7 cm³/mol. The van der Waals surface area contributed by atoms with E-state index in [0.29, 0.717) is 19.6 Å². The van der Waals surface area contributed by atoms with Gasteiger partial charge in [0.05, 0.1) is 12.2 Å². The normalized spacial score (nSPS) is 13.8. The summed E-state index contributed by atoms with van der Waals surface area (Å²) in [4.78, 5) is 0. The molecular weight excluding hydrogens is 216 g/mol. The molecular formula is C9H18N2O3S. The Morgan fingerprint density at radius 1 is 1.40 bits per heavy atom. The fraction of sp³-hybridized carbons (Fsp3) is 0.889. The van der Waals surface area contributed by atoms with Crippen LogP contribution in [0.1, 0.15) is 27.2 Å². The molecule has 0 fully saturated rings. The fourth-order valence-electron chi connectivity index (χ4n) is 0.800. The van der Waals surface area contributed by atoms with Gasteiger partial charge in [0.25, 0.3) is 0 Å². The average Bonchev–Trinajstić information content (AvgIpc) is 2.15. The van der Waals surface area contributed by atoms with E-state index in [1.165, 1.54) is 6.92 Å². The molecule has 0 heterocycles. The molecule has 0 aromatic carbocycles. The minimum Gasteiger partial charge on any atom is -0.379 e. The first-order chi connectivity index (χ1) is 6.90. The topological polar surface area (TPSA) is 79.2 Å². The third-order valence-electron chi connectivity index (χ3n) is 1.72. The van der Waals surface area contributed by atoms with Crippen molar-refractivity contribution in [3.8, 4) is 6.07 Å². The highest BCUT2D eigenvalue weighted by atomic mass is 32.2. The summed E-state index contributed by atoms with van der Waals surface area (Å²) in [7, 11) is -3.48. The summed E-state index contributed by atoms with van der Waals surface area (Å²) in [6, 6.07) is 1.68. The molecule has 0 bridgehead atoms. The van der Waals surface area contributed by atoms with E-state index >= 15 is 0 Å². The average molecular weight is 234 g/mol. The van der Waals surface area contributed by atoms with E-state index in [9.17, 15) is 8.42 Å². The van der Waals surface area contributed by atoms with E-state index in [1.54, 1.807) is 6.07 Å². The lowest BCUT2D eigenvalue weighted by molar-refractivity contribution is 0.0778. The van der Waals surface area contributed by atoms with Crippen LogP contribution in [0.3, 0.4) is 0 Å². The molecule has 0 radical (unpaired) electrons. The maximum absolute atomic E-state index is 11.3. The summed E-state index contributed by atoms with van der Waals surface area (Å²) in [5.41, 5.74) is 0. The zero-order valence-electron chi connectivity index (χ0n) is 9.36. The van der Waals surface area contributed by atoms with E-state index in [-0.39, 0.29) is 6.10 Å². The Morgan fingerprint density at radius 2 is 2.00 bits per heavy atom. The lowest BCUT2D eigenvalue weighted by Gasteiger charge is -2.09. The van der Waals surface area contributed by atoms with Gasteiger partial charge in [-0.2, -0.15) is 5.26 Å². The first kappa shape index (κ1) is 14.4. The Morgan fingerprint density at radius 3 is 2.47 bits per heavy atom. The molecule has 0 aliphatic heterocycles. The fourth-order valence-corrected chi connectivity index (χ4v) is 1.62. The molecule has 0 saturated heterocycles. The van der Waals surface area contributed by atoms with Crippen LogP contribution in [0, 0.1) is 11.3 Å². The largest absolute Gasteiger partial charge is 0.379 e. The molecule has 0 aromatic heterocycles. The SMILES string of the molecule is CC(C)OCCCNS(=O)(=O)C(C)C#N. The molecule has 88 valence electrons. The van der Waals surface area contributed by atoms with E-state index in [1.807, 2.05) is 13.8 Å². The van der Waals surface area contributed by atoms with Crippen LogP contribution in [0.25, 0.3) is 0 Å². The minimum atomic E-state index is -3.48. The highest BCUT2D eigenvalue weighted by Crippen LogP contribution is 1.96. The number of sulfonamides is 1. The number of nitrogens with zero attached hydrogens (tertiary/aromatic N) is 1. The van der Waals surface area contributed by atoms with Crippen LogP contribution < -0.4 is 4.72 Å². The Balaban J connectivity index is 3.74. The molecule has 0 spiro atoms. The Bertz CT molecular complexity index is 306. The summed E-state index contributed by atoms with van der Waals surface area (Å²) < 4.78 is 30.2. The highest BCUT2D eigenvalue weighted by Gasteiger charge is 2.18. The third-order valence-corrected chi connectivity index (χ3v) is 3.37. The van der Waals surface area contributed by atoms with Crippen molar-refractivity contribution >= 4 is 10.0 Å². The lowest BCUT2D eigenvalue weighted by Crippen LogP contribution is -2.32. The van der Waals surface area contributed by atoms with Crippen molar-refractivity contribution < 1.29 is 13.2 Å². The monoisotopic (exact) mass is 234 g/mol. The van der Waals surface area contributed by atoms with Gasteiger partial charge in [0, 0.05) is 13.2 Å². The predicted octanol–water partition coefficient (Wildman–Crippen LogP) is 0.633. The zero-order chi connectivity index (χ0) is 11.9. The lowest BCUT2D eigenvalue weighted by atomic mass is 10.4. The summed E-state index contributed by atoms with van der Waals surface area (Å²) in [5, 5.41) is 7.44. The standard InChI is InChI=1S/C9H18N2O3S/c1-8(2)14-6-4-5-11-15(12,13)9(3)7-10/h8-9,11H,4-6H2,1-3H3. The molecule has 15 heavy (non-hydrogen) atoms. The first-order valence-electron chi connectivity index (χ1n) is 4.90. The number of ether oxygens (including phenoxy) is 1. The van der Waals surface area contributed by atoms with Crippen LogP contribution >= 0.6 is 0 Å². The number of hydrogen-bond acceptors (Lipinski definition) is 4. The minimum absolute atomic E-state index is 0.152. The maximum Gasteiger partial charge on any atom is 0.227 e. The quantitative estimate of drug-likeness (QED) is 0.655. The maximum atomic E-state index is 11.3. The van der Waals surface area contributed by atoms with Crippen molar-refractivity contribution in [2.24, 2.45) is 0 Å². The van der Waals surface area contributed by atoms with Crippen LogP contribution in [0.2, 0.25) is 0 Å². The van der Waals surface area contributed by atoms with Gasteiger partial charge in [0.2, 0.25) is 10.0 Å². The smallest absolute Gasteiger partial charge is 0.227 e. The first-order valence-corrected chi connectivity index (χ1v) is 6.44. The van der Waals surface area contributed by atoms with Gasteiger partial charge in [-0.05, 0) is 27.2 Å². The second-order valence-corrected chi connectivity index (χ2v) is 5.57. The molecule has 0 aliphatic carbocycles. The second kappa shape index (κ2) is 6.77. The third kappa shape index (κ3) is 6.44. The number of rotatable bonds is 7. The van der Waals surface area contributed by atoms with Crippen molar-refractivity contribution in [3.63, 3.8) is 0 Å². The van der Waals surface area contributed by atoms with Gasteiger partial charge >= 0.3 is 0 Å². The second-order valence-electron chi connectivity index (χ2n) is 3.48. The number of nitriles is 1. The van der Waals surface area contributed by atoms with Crippen LogP contribution in [0.15, 0.2) is 0 Å². The van der Waals surface area contributed by atoms with Crippen molar-refractivity contribution in [1.29, 1.82) is 5.26 Å². The van der Waals surface area contributed by atoms with Crippen LogP contribution in [-0.2, 0) is 14.8 Å². The van der Waals surface area contributed by atoms with Crippen molar-refractivity contribution in [2.75, 3.05) is 13.2 Å². The van der Waals surface area contributed by atoms with Gasteiger partial charge in [-0.3, -0.25) is 0 Å². The molecule has 1 atom stereocenters. The molecule has 0 amide bonds. The molecule has 0 saturated carbocycles. The van der Waals surface area contributed by atoms with Gasteiger partial charge in [-0.1, -0.05) is 0 Å². The summed E-state index contributed by atoms with van der Waals surface area (Å²) in [5.74, 6) is 0. The van der Waals surface area contributed by atoms with E-state index in [2.05, 4.69) is 4.72 Å². The summed E-state index contributed by atoms with van der Waals surface area (Å²) >= 11 is 0. The molecule has 1 N–H and O–H groups in total. The van der Waals surface area contributed by atoms with Gasteiger partial charge < -0.3 is 4.74 Å². The Hall–Kier alpha value is -0.640. The van der Waals surface area contributed by atoms with Crippen LogP contribution in [0.5, 0.6) is 0 Å². The molecule has 0 rings (SSSR count). The highest BCUT2D eigenvalue weighted by molar-refractivity contribution is 7.90. The summed E-state index contributed by atoms with van der Waals surface area (Å²) in [6.45, 7) is 6.01. The van der Waals surface area contributed by atoms with Gasteiger partial charge in [0.15, 0.2) is 5.25 Å². The molecule has 0 aromatic rings. The zero-order valence-corrected chi connectivity index (χ0v) is 10.2. The Kier molecular flexibility index (Phi) is 6.48. The van der Waals surface area contributed by atoms with Crippen molar-refractivity contribution in [3.05, 3.63) is 0 Å². The van der Waals surface area contributed by atoms with Crippen LogP contribution in [-0.4, -0.2) is 32.9 Å².